The van der Waals surface area contributed by atoms with E-state index in [1.165, 1.54) is 12.2 Å². The van der Waals surface area contributed by atoms with E-state index in [1.54, 1.807) is 11.1 Å². The predicted octanol–water partition coefficient (Wildman–Crippen LogP) is 1.02. The van der Waals surface area contributed by atoms with Gasteiger partial charge in [0, 0.05) is 18.8 Å². The van der Waals surface area contributed by atoms with Gasteiger partial charge in [0.2, 0.25) is 0 Å². The first-order valence-corrected chi connectivity index (χ1v) is 10.5. The van der Waals surface area contributed by atoms with Gasteiger partial charge in [-0.1, -0.05) is 25.7 Å². The molecule has 2 atom stereocenters. The van der Waals surface area contributed by atoms with Crippen molar-refractivity contribution in [2.45, 2.75) is 44.6 Å². The molecule has 0 aromatic heterocycles. The minimum atomic E-state index is -3.44. The Morgan fingerprint density at radius 3 is 2.62 bits per heavy atom. The predicted molar refractivity (Wildman–Crippen MR) is 95.9 cm³/mol. The van der Waals surface area contributed by atoms with E-state index in [2.05, 4.69) is 9.71 Å². The molecule has 0 aromatic rings. The summed E-state index contributed by atoms with van der Waals surface area (Å²) in [6.07, 6.45) is 9.62. The van der Waals surface area contributed by atoms with Crippen LogP contribution in [0.25, 0.3) is 0 Å². The van der Waals surface area contributed by atoms with Gasteiger partial charge in [-0.25, -0.2) is 8.42 Å². The van der Waals surface area contributed by atoms with Crippen LogP contribution in [0, 0.1) is 5.92 Å². The Labute approximate surface area is 152 Å². The minimum Gasteiger partial charge on any atom is -0.481 e. The highest BCUT2D eigenvalue weighted by Crippen LogP contribution is 2.24. The van der Waals surface area contributed by atoms with Crippen molar-refractivity contribution < 1.29 is 23.1 Å². The number of nitrogens with zero attached hydrogens (tertiary/aromatic N) is 2. The molecule has 0 spiro atoms. The summed E-state index contributed by atoms with van der Waals surface area (Å²) in [4.78, 5) is 25.8. The number of amidine groups is 1. The second-order valence-electron chi connectivity index (χ2n) is 6.86. The molecule has 26 heavy (non-hydrogen) atoms. The van der Waals surface area contributed by atoms with Gasteiger partial charge in [-0.3, -0.25) is 9.59 Å². The van der Waals surface area contributed by atoms with Gasteiger partial charge in [0.15, 0.2) is 0 Å². The van der Waals surface area contributed by atoms with Crippen LogP contribution in [0.3, 0.4) is 0 Å². The Morgan fingerprint density at radius 1 is 1.15 bits per heavy atom. The number of carboxylic acid groups (broad SMARTS) is 1. The second kappa shape index (κ2) is 7.61. The second-order valence-corrected chi connectivity index (χ2v) is 8.62. The molecule has 2 aliphatic heterocycles. The van der Waals surface area contributed by atoms with Gasteiger partial charge in [-0.2, -0.15) is 0 Å². The van der Waals surface area contributed by atoms with Gasteiger partial charge in [0.1, 0.15) is 5.84 Å². The van der Waals surface area contributed by atoms with Crippen LogP contribution in [0.4, 0.5) is 0 Å². The van der Waals surface area contributed by atoms with Crippen molar-refractivity contribution in [3.8, 4) is 0 Å². The standard InChI is InChI=1S/C17H23N3O5S/c21-16(18-14-6-4-2-1-3-5-13(14)17(22)23)12-7-8-15-19-26(24,25)10-9-20(15)11-12/h7-8,11,13-14H,1-6,9-10H2,(H,18,21)(H,22,23). The van der Waals surface area contributed by atoms with Crippen molar-refractivity contribution in [3.63, 3.8) is 0 Å². The summed E-state index contributed by atoms with van der Waals surface area (Å²) in [5.74, 6) is -1.60. The highest BCUT2D eigenvalue weighted by molar-refractivity contribution is 7.90. The number of carbonyl (C=O) groups excluding carboxylic acids is 1. The Bertz CT molecular complexity index is 784. The molecule has 0 aromatic carbocycles. The van der Waals surface area contributed by atoms with Crippen molar-refractivity contribution >= 4 is 27.7 Å². The molecular weight excluding hydrogens is 358 g/mol. The molecule has 0 saturated heterocycles. The minimum absolute atomic E-state index is 0.0978. The smallest absolute Gasteiger partial charge is 0.308 e. The molecular formula is C17H23N3O5S. The van der Waals surface area contributed by atoms with E-state index in [-0.39, 0.29) is 18.2 Å². The maximum atomic E-state index is 12.6. The summed E-state index contributed by atoms with van der Waals surface area (Å²) >= 11 is 0. The van der Waals surface area contributed by atoms with Crippen molar-refractivity contribution in [2.75, 3.05) is 12.3 Å². The summed E-state index contributed by atoms with van der Waals surface area (Å²) in [5.41, 5.74) is 0.370. The molecule has 1 amide bonds. The highest BCUT2D eigenvalue weighted by Gasteiger charge is 2.31. The number of aliphatic carboxylic acids is 1. The third kappa shape index (κ3) is 4.32. The van der Waals surface area contributed by atoms with E-state index in [0.29, 0.717) is 24.3 Å². The third-order valence-electron chi connectivity index (χ3n) is 4.99. The van der Waals surface area contributed by atoms with Crippen molar-refractivity contribution in [1.29, 1.82) is 0 Å². The number of carbonyl (C=O) groups is 2. The topological polar surface area (TPSA) is 116 Å². The Hall–Kier alpha value is -2.16. The van der Waals surface area contributed by atoms with Gasteiger partial charge in [0.05, 0.1) is 17.2 Å². The summed E-state index contributed by atoms with van der Waals surface area (Å²) in [6.45, 7) is 0.240. The Balaban J connectivity index is 1.72. The van der Waals surface area contributed by atoms with Crippen molar-refractivity contribution in [3.05, 3.63) is 23.9 Å². The van der Waals surface area contributed by atoms with Crippen molar-refractivity contribution in [1.82, 2.24) is 10.2 Å². The zero-order valence-corrected chi connectivity index (χ0v) is 15.2. The number of carboxylic acids is 1. The zero-order chi connectivity index (χ0) is 18.7. The largest absolute Gasteiger partial charge is 0.481 e. The fourth-order valence-corrected chi connectivity index (χ4v) is 4.51. The van der Waals surface area contributed by atoms with Crippen LogP contribution in [0.5, 0.6) is 0 Å². The molecule has 1 fully saturated rings. The fourth-order valence-electron chi connectivity index (χ4n) is 3.54. The SMILES string of the molecule is O=C(NC1CCCCCCC1C(=O)O)C1=CN2CCS(=O)(=O)N=C2C=C1. The van der Waals surface area contributed by atoms with Gasteiger partial charge >= 0.3 is 5.97 Å². The summed E-state index contributed by atoms with van der Waals surface area (Å²) < 4.78 is 26.8. The lowest BCUT2D eigenvalue weighted by atomic mass is 9.86. The number of nitrogens with one attached hydrogen (secondary N) is 1. The fraction of sp³-hybridized carbons (Fsp3) is 0.588. The first-order chi connectivity index (χ1) is 12.4. The number of sulfonamides is 1. The number of amides is 1. The van der Waals surface area contributed by atoms with E-state index in [0.717, 1.165) is 25.7 Å². The zero-order valence-electron chi connectivity index (χ0n) is 14.4. The molecule has 1 saturated carbocycles. The lowest BCUT2D eigenvalue weighted by Gasteiger charge is -2.29. The van der Waals surface area contributed by atoms with E-state index in [9.17, 15) is 23.1 Å². The number of hydrogen-bond acceptors (Lipinski definition) is 5. The summed E-state index contributed by atoms with van der Waals surface area (Å²) in [5, 5.41) is 12.4. The first kappa shape index (κ1) is 18.6. The van der Waals surface area contributed by atoms with E-state index < -0.39 is 28.0 Å². The summed E-state index contributed by atoms with van der Waals surface area (Å²) in [7, 11) is -3.44. The Kier molecular flexibility index (Phi) is 5.45. The number of hydrogen-bond donors (Lipinski definition) is 2. The average Bonchev–Trinajstić information content (AvgIpc) is 2.55. The van der Waals surface area contributed by atoms with Crippen LogP contribution in [0.15, 0.2) is 28.3 Å². The molecule has 3 aliphatic rings. The van der Waals surface area contributed by atoms with Crippen LogP contribution < -0.4 is 5.32 Å². The van der Waals surface area contributed by atoms with Crippen LogP contribution in [0.2, 0.25) is 0 Å². The summed E-state index contributed by atoms with van der Waals surface area (Å²) in [6, 6.07) is -0.397. The normalized spacial score (nSPS) is 28.1. The van der Waals surface area contributed by atoms with E-state index >= 15 is 0 Å². The van der Waals surface area contributed by atoms with Crippen LogP contribution in [-0.4, -0.2) is 54.5 Å². The average molecular weight is 381 g/mol. The van der Waals surface area contributed by atoms with Gasteiger partial charge in [-0.15, -0.1) is 4.40 Å². The van der Waals surface area contributed by atoms with Gasteiger partial charge in [0.25, 0.3) is 15.9 Å². The maximum absolute atomic E-state index is 12.6. The molecule has 0 radical (unpaired) electrons. The van der Waals surface area contributed by atoms with Crippen LogP contribution >= 0.6 is 0 Å². The van der Waals surface area contributed by atoms with Gasteiger partial charge in [-0.05, 0) is 25.0 Å². The molecule has 3 rings (SSSR count). The quantitative estimate of drug-likeness (QED) is 0.754. The van der Waals surface area contributed by atoms with E-state index in [4.69, 9.17) is 0 Å². The number of fused-ring (bicyclic) bond motifs is 1. The lowest BCUT2D eigenvalue weighted by Crippen LogP contribution is -2.45. The molecule has 142 valence electrons. The molecule has 2 unspecified atom stereocenters. The molecule has 2 N–H and O–H groups in total. The Morgan fingerprint density at radius 2 is 1.88 bits per heavy atom. The van der Waals surface area contributed by atoms with E-state index in [1.807, 2.05) is 0 Å². The highest BCUT2D eigenvalue weighted by atomic mass is 32.2. The third-order valence-corrected chi connectivity index (χ3v) is 6.15. The van der Waals surface area contributed by atoms with Crippen molar-refractivity contribution in [2.24, 2.45) is 10.3 Å². The van der Waals surface area contributed by atoms with Crippen LogP contribution in [0.1, 0.15) is 38.5 Å². The lowest BCUT2D eigenvalue weighted by molar-refractivity contribution is -0.143. The molecule has 8 nitrogen and oxygen atoms in total. The van der Waals surface area contributed by atoms with Gasteiger partial charge < -0.3 is 15.3 Å². The molecule has 0 bridgehead atoms. The monoisotopic (exact) mass is 381 g/mol. The molecule has 1 aliphatic carbocycles. The molecule has 2 heterocycles. The van der Waals surface area contributed by atoms with Crippen LogP contribution in [-0.2, 0) is 19.6 Å². The first-order valence-electron chi connectivity index (χ1n) is 8.88. The number of rotatable bonds is 3. The molecule has 9 heteroatoms. The maximum Gasteiger partial charge on any atom is 0.308 e.